The molecule has 1 fully saturated rings. The quantitative estimate of drug-likeness (QED) is 0.856. The number of hydrogen-bond acceptors (Lipinski definition) is 2. The van der Waals surface area contributed by atoms with E-state index >= 15 is 0 Å². The average Bonchev–Trinajstić information content (AvgIpc) is 2.49. The second-order valence-electron chi connectivity index (χ2n) is 6.44. The van der Waals surface area contributed by atoms with Crippen LogP contribution in [-0.2, 0) is 6.42 Å². The molecule has 1 aromatic rings. The molecule has 1 saturated heterocycles. The Bertz CT molecular complexity index is 368. The van der Waals surface area contributed by atoms with Crippen LogP contribution in [0.1, 0.15) is 38.7 Å². The van der Waals surface area contributed by atoms with Crippen LogP contribution in [0.3, 0.4) is 0 Å². The number of nitrogens with zero attached hydrogens (tertiary/aromatic N) is 1. The van der Waals surface area contributed by atoms with Crippen molar-refractivity contribution in [3.05, 3.63) is 35.9 Å². The lowest BCUT2D eigenvalue weighted by Gasteiger charge is -2.37. The van der Waals surface area contributed by atoms with E-state index in [9.17, 15) is 0 Å². The number of benzene rings is 1. The van der Waals surface area contributed by atoms with Crippen LogP contribution in [-0.4, -0.2) is 37.1 Å². The molecular weight excluding hydrogens is 244 g/mol. The topological polar surface area (TPSA) is 15.3 Å². The molecule has 0 bridgehead atoms. The Morgan fingerprint density at radius 3 is 2.40 bits per heavy atom. The highest BCUT2D eigenvalue weighted by Gasteiger charge is 2.23. The Morgan fingerprint density at radius 1 is 1.15 bits per heavy atom. The summed E-state index contributed by atoms with van der Waals surface area (Å²) in [5.74, 6) is 0.877. The van der Waals surface area contributed by atoms with Gasteiger partial charge in [0.15, 0.2) is 0 Å². The SMILES string of the molecule is CNC(C)CC(C)N1CCC(Cc2ccccc2)CC1. The highest BCUT2D eigenvalue weighted by molar-refractivity contribution is 5.15. The van der Waals surface area contributed by atoms with E-state index in [-0.39, 0.29) is 0 Å². The first-order valence-electron chi connectivity index (χ1n) is 8.14. The van der Waals surface area contributed by atoms with E-state index < -0.39 is 0 Å². The molecule has 1 aliphatic rings. The van der Waals surface area contributed by atoms with E-state index in [4.69, 9.17) is 0 Å². The summed E-state index contributed by atoms with van der Waals surface area (Å²) in [6.07, 6.45) is 5.22. The number of hydrogen-bond donors (Lipinski definition) is 1. The van der Waals surface area contributed by atoms with Crippen LogP contribution in [0.2, 0.25) is 0 Å². The number of likely N-dealkylation sites (tertiary alicyclic amines) is 1. The van der Waals surface area contributed by atoms with Crippen LogP contribution < -0.4 is 5.32 Å². The second-order valence-corrected chi connectivity index (χ2v) is 6.44. The maximum atomic E-state index is 3.35. The molecule has 2 nitrogen and oxygen atoms in total. The Kier molecular flexibility index (Phi) is 6.06. The molecule has 112 valence electrons. The Hall–Kier alpha value is -0.860. The third-order valence-electron chi connectivity index (χ3n) is 4.83. The molecule has 0 amide bonds. The standard InChI is InChI=1S/C18H30N2/c1-15(19-3)13-16(2)20-11-9-18(10-12-20)14-17-7-5-4-6-8-17/h4-8,15-16,18-19H,9-14H2,1-3H3. The lowest BCUT2D eigenvalue weighted by Crippen LogP contribution is -2.42. The normalized spacial score (nSPS) is 20.8. The van der Waals surface area contributed by atoms with Crippen molar-refractivity contribution in [3.8, 4) is 0 Å². The fourth-order valence-electron chi connectivity index (χ4n) is 3.32. The summed E-state index contributed by atoms with van der Waals surface area (Å²) in [5.41, 5.74) is 1.50. The molecule has 1 N–H and O–H groups in total. The molecule has 1 heterocycles. The van der Waals surface area contributed by atoms with Crippen LogP contribution in [0.25, 0.3) is 0 Å². The molecule has 0 aliphatic carbocycles. The highest BCUT2D eigenvalue weighted by atomic mass is 15.2. The zero-order valence-electron chi connectivity index (χ0n) is 13.3. The molecule has 2 heteroatoms. The van der Waals surface area contributed by atoms with Crippen LogP contribution in [0.4, 0.5) is 0 Å². The third kappa shape index (κ3) is 4.60. The van der Waals surface area contributed by atoms with Crippen molar-refractivity contribution in [1.29, 1.82) is 0 Å². The first-order chi connectivity index (χ1) is 9.69. The number of piperidine rings is 1. The van der Waals surface area contributed by atoms with Gasteiger partial charge in [-0.25, -0.2) is 0 Å². The van der Waals surface area contributed by atoms with Crippen LogP contribution in [0, 0.1) is 5.92 Å². The largest absolute Gasteiger partial charge is 0.317 e. The molecule has 2 atom stereocenters. The fraction of sp³-hybridized carbons (Fsp3) is 0.667. The fourth-order valence-corrected chi connectivity index (χ4v) is 3.32. The van der Waals surface area contributed by atoms with E-state index in [1.807, 2.05) is 0 Å². The molecule has 0 aromatic heterocycles. The van der Waals surface area contributed by atoms with Gasteiger partial charge in [0.2, 0.25) is 0 Å². The second kappa shape index (κ2) is 7.80. The summed E-state index contributed by atoms with van der Waals surface area (Å²) in [6, 6.07) is 12.3. The van der Waals surface area contributed by atoms with Crippen molar-refractivity contribution < 1.29 is 0 Å². The van der Waals surface area contributed by atoms with Gasteiger partial charge in [-0.15, -0.1) is 0 Å². The zero-order chi connectivity index (χ0) is 14.4. The minimum Gasteiger partial charge on any atom is -0.317 e. The van der Waals surface area contributed by atoms with Gasteiger partial charge in [-0.2, -0.15) is 0 Å². The van der Waals surface area contributed by atoms with Crippen molar-refractivity contribution >= 4 is 0 Å². The highest BCUT2D eigenvalue weighted by Crippen LogP contribution is 2.23. The Labute approximate surface area is 124 Å². The van der Waals surface area contributed by atoms with E-state index in [0.29, 0.717) is 12.1 Å². The first kappa shape index (κ1) is 15.5. The van der Waals surface area contributed by atoms with Gasteiger partial charge in [0.1, 0.15) is 0 Å². The van der Waals surface area contributed by atoms with Gasteiger partial charge in [-0.05, 0) is 71.1 Å². The molecule has 0 radical (unpaired) electrons. The minimum absolute atomic E-state index is 0.618. The molecule has 2 rings (SSSR count). The molecule has 0 spiro atoms. The maximum Gasteiger partial charge on any atom is 0.00816 e. The summed E-state index contributed by atoms with van der Waals surface area (Å²) in [5, 5.41) is 3.35. The molecule has 2 unspecified atom stereocenters. The van der Waals surface area contributed by atoms with Gasteiger partial charge < -0.3 is 10.2 Å². The third-order valence-corrected chi connectivity index (χ3v) is 4.83. The number of nitrogens with one attached hydrogen (secondary N) is 1. The van der Waals surface area contributed by atoms with Gasteiger partial charge in [0.05, 0.1) is 0 Å². The average molecular weight is 274 g/mol. The lowest BCUT2D eigenvalue weighted by atomic mass is 9.89. The summed E-state index contributed by atoms with van der Waals surface area (Å²) < 4.78 is 0. The van der Waals surface area contributed by atoms with E-state index in [2.05, 4.69) is 61.4 Å². The van der Waals surface area contributed by atoms with Gasteiger partial charge in [-0.1, -0.05) is 30.3 Å². The zero-order valence-corrected chi connectivity index (χ0v) is 13.3. The summed E-state index contributed by atoms with van der Waals surface area (Å²) in [7, 11) is 2.06. The Morgan fingerprint density at radius 2 is 1.80 bits per heavy atom. The van der Waals surface area contributed by atoms with Crippen molar-refractivity contribution in [3.63, 3.8) is 0 Å². The summed E-state index contributed by atoms with van der Waals surface area (Å²) in [6.45, 7) is 7.20. The number of rotatable bonds is 6. The van der Waals surface area contributed by atoms with Gasteiger partial charge in [0, 0.05) is 12.1 Å². The summed E-state index contributed by atoms with van der Waals surface area (Å²) in [4.78, 5) is 2.68. The molecule has 1 aromatic carbocycles. The first-order valence-corrected chi connectivity index (χ1v) is 8.14. The monoisotopic (exact) mass is 274 g/mol. The van der Waals surface area contributed by atoms with Gasteiger partial charge in [-0.3, -0.25) is 0 Å². The molecular formula is C18H30N2. The minimum atomic E-state index is 0.618. The van der Waals surface area contributed by atoms with Gasteiger partial charge >= 0.3 is 0 Å². The predicted octanol–water partition coefficient (Wildman–Crippen LogP) is 3.33. The van der Waals surface area contributed by atoms with Crippen LogP contribution >= 0.6 is 0 Å². The van der Waals surface area contributed by atoms with Crippen molar-refractivity contribution in [2.24, 2.45) is 5.92 Å². The summed E-state index contributed by atoms with van der Waals surface area (Å²) >= 11 is 0. The smallest absolute Gasteiger partial charge is 0.00816 e. The van der Waals surface area contributed by atoms with Crippen LogP contribution in [0.5, 0.6) is 0 Å². The van der Waals surface area contributed by atoms with E-state index in [1.54, 1.807) is 0 Å². The van der Waals surface area contributed by atoms with E-state index in [1.165, 1.54) is 44.3 Å². The molecule has 1 aliphatic heterocycles. The van der Waals surface area contributed by atoms with Crippen molar-refractivity contribution in [2.75, 3.05) is 20.1 Å². The van der Waals surface area contributed by atoms with E-state index in [0.717, 1.165) is 5.92 Å². The Balaban J connectivity index is 1.75. The van der Waals surface area contributed by atoms with Crippen LogP contribution in [0.15, 0.2) is 30.3 Å². The maximum absolute atomic E-state index is 3.35. The lowest BCUT2D eigenvalue weighted by molar-refractivity contribution is 0.130. The van der Waals surface area contributed by atoms with Gasteiger partial charge in [0.25, 0.3) is 0 Å². The van der Waals surface area contributed by atoms with Crippen molar-refractivity contribution in [2.45, 2.75) is 51.6 Å². The molecule has 20 heavy (non-hydrogen) atoms. The molecule has 0 saturated carbocycles. The van der Waals surface area contributed by atoms with Crippen molar-refractivity contribution in [1.82, 2.24) is 10.2 Å². The predicted molar refractivity (Wildman–Crippen MR) is 87.0 cm³/mol.